The molecule has 0 aliphatic carbocycles. The maximum absolute atomic E-state index is 11.4. The van der Waals surface area contributed by atoms with Gasteiger partial charge in [0.1, 0.15) is 0 Å². The van der Waals surface area contributed by atoms with Crippen LogP contribution in [0, 0.1) is 5.92 Å². The lowest BCUT2D eigenvalue weighted by atomic mass is 9.93. The minimum absolute atomic E-state index is 0. The molecule has 0 aromatic heterocycles. The van der Waals surface area contributed by atoms with Crippen molar-refractivity contribution in [2.24, 2.45) is 10.9 Å². The first-order chi connectivity index (χ1) is 9.91. The van der Waals surface area contributed by atoms with Gasteiger partial charge in [-0.2, -0.15) is 0 Å². The van der Waals surface area contributed by atoms with E-state index in [1.165, 1.54) is 0 Å². The first-order valence-corrected chi connectivity index (χ1v) is 7.63. The van der Waals surface area contributed by atoms with Gasteiger partial charge in [0.2, 0.25) is 5.91 Å². The second-order valence-electron chi connectivity index (χ2n) is 6.17. The van der Waals surface area contributed by atoms with Gasteiger partial charge in [-0.25, -0.2) is 0 Å². The van der Waals surface area contributed by atoms with Crippen molar-refractivity contribution >= 4 is 35.8 Å². The minimum Gasteiger partial charge on any atom is -0.377 e. The van der Waals surface area contributed by atoms with Gasteiger partial charge in [0.05, 0.1) is 5.60 Å². The van der Waals surface area contributed by atoms with E-state index in [1.807, 2.05) is 13.8 Å². The summed E-state index contributed by atoms with van der Waals surface area (Å²) in [4.78, 5) is 18.0. The number of carbonyl (C=O) groups is 1. The topological polar surface area (TPSA) is 66.0 Å². The molecular formula is C15H31IN4O2. The standard InChI is InChI=1S/C15H30N4O2.HI/c1-15(2,21-5)11-18-14(17-4)19-8-6-12(7-9-19)10-13(20)16-3;/h12H,6-11H2,1-5H3,(H,16,20)(H,17,18);1H. The number of guanidine groups is 1. The summed E-state index contributed by atoms with van der Waals surface area (Å²) in [5, 5.41) is 6.07. The van der Waals surface area contributed by atoms with E-state index >= 15 is 0 Å². The molecule has 1 amide bonds. The van der Waals surface area contributed by atoms with Gasteiger partial charge in [0, 0.05) is 47.3 Å². The smallest absolute Gasteiger partial charge is 0.220 e. The van der Waals surface area contributed by atoms with Crippen molar-refractivity contribution in [3.63, 3.8) is 0 Å². The van der Waals surface area contributed by atoms with E-state index in [2.05, 4.69) is 20.5 Å². The number of carbonyl (C=O) groups excluding carboxylic acids is 1. The number of nitrogens with one attached hydrogen (secondary N) is 2. The highest BCUT2D eigenvalue weighted by atomic mass is 127. The maximum atomic E-state index is 11.4. The Labute approximate surface area is 151 Å². The van der Waals surface area contributed by atoms with Crippen molar-refractivity contribution < 1.29 is 9.53 Å². The van der Waals surface area contributed by atoms with Gasteiger partial charge in [-0.15, -0.1) is 24.0 Å². The third-order valence-electron chi connectivity index (χ3n) is 4.10. The Morgan fingerprint density at radius 1 is 1.36 bits per heavy atom. The van der Waals surface area contributed by atoms with Crippen molar-refractivity contribution in [3.8, 4) is 0 Å². The summed E-state index contributed by atoms with van der Waals surface area (Å²) in [5.41, 5.74) is -0.215. The van der Waals surface area contributed by atoms with Gasteiger partial charge >= 0.3 is 0 Å². The molecule has 0 aromatic carbocycles. The van der Waals surface area contributed by atoms with Crippen molar-refractivity contribution in [2.75, 3.05) is 40.8 Å². The van der Waals surface area contributed by atoms with E-state index < -0.39 is 0 Å². The minimum atomic E-state index is -0.215. The van der Waals surface area contributed by atoms with Gasteiger partial charge < -0.3 is 20.3 Å². The van der Waals surface area contributed by atoms with Crippen LogP contribution in [0.3, 0.4) is 0 Å². The van der Waals surface area contributed by atoms with Crippen LogP contribution >= 0.6 is 24.0 Å². The maximum Gasteiger partial charge on any atom is 0.220 e. The summed E-state index contributed by atoms with van der Waals surface area (Å²) in [5.74, 6) is 1.53. The summed E-state index contributed by atoms with van der Waals surface area (Å²) >= 11 is 0. The number of halogens is 1. The molecule has 6 nitrogen and oxygen atoms in total. The number of likely N-dealkylation sites (tertiary alicyclic amines) is 1. The fourth-order valence-electron chi connectivity index (χ4n) is 2.41. The molecule has 0 spiro atoms. The zero-order chi connectivity index (χ0) is 15.9. The summed E-state index contributed by atoms with van der Waals surface area (Å²) in [6, 6.07) is 0. The largest absolute Gasteiger partial charge is 0.377 e. The Morgan fingerprint density at radius 2 is 1.95 bits per heavy atom. The van der Waals surface area contributed by atoms with Crippen LogP contribution < -0.4 is 10.6 Å². The molecule has 1 saturated heterocycles. The molecule has 0 radical (unpaired) electrons. The van der Waals surface area contributed by atoms with Crippen LogP contribution in [0.4, 0.5) is 0 Å². The second kappa shape index (κ2) is 10.3. The number of hydrogen-bond donors (Lipinski definition) is 2. The lowest BCUT2D eigenvalue weighted by Crippen LogP contribution is -2.49. The Hall–Kier alpha value is -0.570. The van der Waals surface area contributed by atoms with Crippen LogP contribution in [0.2, 0.25) is 0 Å². The van der Waals surface area contributed by atoms with E-state index in [0.717, 1.165) is 31.9 Å². The van der Waals surface area contributed by atoms with Crippen LogP contribution in [0.25, 0.3) is 0 Å². The summed E-state index contributed by atoms with van der Waals surface area (Å²) in [7, 11) is 5.22. The third kappa shape index (κ3) is 7.13. The molecule has 1 fully saturated rings. The molecule has 22 heavy (non-hydrogen) atoms. The molecule has 1 aliphatic heterocycles. The molecule has 0 aromatic rings. The lowest BCUT2D eigenvalue weighted by molar-refractivity contribution is -0.121. The first-order valence-electron chi connectivity index (χ1n) is 7.63. The number of hydrogen-bond acceptors (Lipinski definition) is 3. The van der Waals surface area contributed by atoms with E-state index in [4.69, 9.17) is 4.74 Å². The SMILES string of the molecule is CN=C(NCC(C)(C)OC)N1CCC(CC(=O)NC)CC1.I. The average Bonchev–Trinajstić information content (AvgIpc) is 2.49. The number of ether oxygens (including phenoxy) is 1. The fourth-order valence-corrected chi connectivity index (χ4v) is 2.41. The Kier molecular flexibility index (Phi) is 9.99. The first kappa shape index (κ1) is 21.4. The summed E-state index contributed by atoms with van der Waals surface area (Å²) < 4.78 is 5.41. The van der Waals surface area contributed by atoms with Crippen LogP contribution in [0.5, 0.6) is 0 Å². The van der Waals surface area contributed by atoms with E-state index in [0.29, 0.717) is 18.9 Å². The Bertz CT molecular complexity index is 367. The van der Waals surface area contributed by atoms with Gasteiger partial charge in [-0.05, 0) is 32.6 Å². The summed E-state index contributed by atoms with van der Waals surface area (Å²) in [6.07, 6.45) is 2.69. The number of piperidine rings is 1. The Morgan fingerprint density at radius 3 is 2.41 bits per heavy atom. The molecule has 0 saturated carbocycles. The predicted molar refractivity (Wildman–Crippen MR) is 101 cm³/mol. The molecular weight excluding hydrogens is 395 g/mol. The predicted octanol–water partition coefficient (Wildman–Crippen LogP) is 1.45. The molecule has 0 bridgehead atoms. The lowest BCUT2D eigenvalue weighted by Gasteiger charge is -2.35. The quantitative estimate of drug-likeness (QED) is 0.397. The van der Waals surface area contributed by atoms with Gasteiger partial charge in [0.25, 0.3) is 0 Å². The highest BCUT2D eigenvalue weighted by Crippen LogP contribution is 2.20. The molecule has 2 N–H and O–H groups in total. The molecule has 1 aliphatic rings. The van der Waals surface area contributed by atoms with Gasteiger partial charge in [-0.3, -0.25) is 9.79 Å². The zero-order valence-corrected chi connectivity index (χ0v) is 16.8. The van der Waals surface area contributed by atoms with Crippen LogP contribution in [0.15, 0.2) is 4.99 Å². The second-order valence-corrected chi connectivity index (χ2v) is 6.17. The van der Waals surface area contributed by atoms with Crippen LogP contribution in [0.1, 0.15) is 33.1 Å². The average molecular weight is 426 g/mol. The van der Waals surface area contributed by atoms with Crippen molar-refractivity contribution in [2.45, 2.75) is 38.7 Å². The molecule has 130 valence electrons. The molecule has 0 atom stereocenters. The Balaban J connectivity index is 0.00000441. The van der Waals surface area contributed by atoms with Crippen molar-refractivity contribution in [3.05, 3.63) is 0 Å². The van der Waals surface area contributed by atoms with E-state index in [9.17, 15) is 4.79 Å². The van der Waals surface area contributed by atoms with E-state index in [-0.39, 0.29) is 35.5 Å². The molecule has 0 unspecified atom stereocenters. The highest BCUT2D eigenvalue weighted by molar-refractivity contribution is 14.0. The normalized spacial score (nSPS) is 17.0. The van der Waals surface area contributed by atoms with Gasteiger partial charge in [-0.1, -0.05) is 0 Å². The molecule has 7 heteroatoms. The van der Waals surface area contributed by atoms with Crippen molar-refractivity contribution in [1.82, 2.24) is 15.5 Å². The number of rotatable bonds is 5. The zero-order valence-electron chi connectivity index (χ0n) is 14.4. The van der Waals surface area contributed by atoms with Crippen LogP contribution in [-0.4, -0.2) is 63.2 Å². The monoisotopic (exact) mass is 426 g/mol. The third-order valence-corrected chi connectivity index (χ3v) is 4.10. The van der Waals surface area contributed by atoms with Crippen molar-refractivity contribution in [1.29, 1.82) is 0 Å². The highest BCUT2D eigenvalue weighted by Gasteiger charge is 2.24. The molecule has 1 heterocycles. The number of nitrogens with zero attached hydrogens (tertiary/aromatic N) is 2. The van der Waals surface area contributed by atoms with Gasteiger partial charge in [0.15, 0.2) is 5.96 Å². The summed E-state index contributed by atoms with van der Waals surface area (Å²) in [6.45, 7) is 6.68. The molecule has 1 rings (SSSR count). The van der Waals surface area contributed by atoms with E-state index in [1.54, 1.807) is 21.2 Å². The fraction of sp³-hybridized carbons (Fsp3) is 0.867. The number of aliphatic imine (C=N–C) groups is 1. The number of methoxy groups -OCH3 is 1. The number of amides is 1. The van der Waals surface area contributed by atoms with Crippen LogP contribution in [-0.2, 0) is 9.53 Å².